The van der Waals surface area contributed by atoms with Crippen molar-refractivity contribution >= 4 is 29.1 Å². The summed E-state index contributed by atoms with van der Waals surface area (Å²) in [5.41, 5.74) is 2.24. The summed E-state index contributed by atoms with van der Waals surface area (Å²) >= 11 is 2.93. The summed E-state index contributed by atoms with van der Waals surface area (Å²) in [6.07, 6.45) is 0.143. The Morgan fingerprint density at radius 1 is 1.44 bits per heavy atom. The highest BCUT2D eigenvalue weighted by Crippen LogP contribution is 2.29. The Kier molecular flexibility index (Phi) is 4.33. The van der Waals surface area contributed by atoms with Gasteiger partial charge in [-0.2, -0.15) is 0 Å². The van der Waals surface area contributed by atoms with Crippen LogP contribution in [-0.4, -0.2) is 27.0 Å². The summed E-state index contributed by atoms with van der Waals surface area (Å²) in [7, 11) is 0. The fourth-order valence-electron chi connectivity index (χ4n) is 1.39. The van der Waals surface area contributed by atoms with E-state index in [1.54, 1.807) is 0 Å². The Bertz CT molecular complexity index is 555. The average Bonchev–Trinajstić information content (AvgIpc) is 2.77. The van der Waals surface area contributed by atoms with Gasteiger partial charge in [0.1, 0.15) is 5.01 Å². The van der Waals surface area contributed by atoms with Gasteiger partial charge in [-0.3, -0.25) is 4.79 Å². The number of carboxylic acid groups (broad SMARTS) is 1. The highest BCUT2D eigenvalue weighted by Gasteiger charge is 2.07. The van der Waals surface area contributed by atoms with E-state index in [9.17, 15) is 4.79 Å². The van der Waals surface area contributed by atoms with E-state index >= 15 is 0 Å². The van der Waals surface area contributed by atoms with Gasteiger partial charge < -0.3 is 5.11 Å². The first-order valence-electron chi connectivity index (χ1n) is 5.40. The molecule has 0 bridgehead atoms. The van der Waals surface area contributed by atoms with E-state index in [1.807, 2.05) is 25.1 Å². The number of carbonyl (C=O) groups is 1. The van der Waals surface area contributed by atoms with Gasteiger partial charge in [0.2, 0.25) is 0 Å². The Hall–Kier alpha value is -1.40. The van der Waals surface area contributed by atoms with Gasteiger partial charge in [-0.25, -0.2) is 0 Å². The van der Waals surface area contributed by atoms with E-state index in [0.29, 0.717) is 5.75 Å². The molecule has 0 radical (unpaired) electrons. The van der Waals surface area contributed by atoms with Crippen LogP contribution in [0.5, 0.6) is 0 Å². The van der Waals surface area contributed by atoms with Crippen LogP contribution in [0.1, 0.15) is 12.0 Å². The maximum Gasteiger partial charge on any atom is 0.304 e. The van der Waals surface area contributed by atoms with Crippen LogP contribution < -0.4 is 0 Å². The number of hydrogen-bond acceptors (Lipinski definition) is 5. The van der Waals surface area contributed by atoms with Gasteiger partial charge in [0.25, 0.3) is 0 Å². The first-order valence-corrected chi connectivity index (χ1v) is 7.20. The first kappa shape index (κ1) is 13.0. The zero-order valence-electron chi connectivity index (χ0n) is 9.79. The van der Waals surface area contributed by atoms with Gasteiger partial charge in [0.15, 0.2) is 4.34 Å². The molecule has 0 saturated carbocycles. The standard InChI is InChI=1S/C12H12N2O2S2/c1-8-3-2-4-9(7-8)11-13-14-12(18-11)17-6-5-10(15)16/h2-4,7H,5-6H2,1H3,(H,15,16). The molecule has 2 aromatic rings. The van der Waals surface area contributed by atoms with Crippen molar-refractivity contribution in [3.63, 3.8) is 0 Å². The van der Waals surface area contributed by atoms with Crippen LogP contribution in [-0.2, 0) is 4.79 Å². The average molecular weight is 280 g/mol. The van der Waals surface area contributed by atoms with Crippen molar-refractivity contribution in [2.45, 2.75) is 17.7 Å². The Labute approximate surface area is 113 Å². The molecule has 1 aromatic heterocycles. The lowest BCUT2D eigenvalue weighted by molar-refractivity contribution is -0.136. The number of nitrogens with zero attached hydrogens (tertiary/aromatic N) is 2. The topological polar surface area (TPSA) is 63.1 Å². The van der Waals surface area contributed by atoms with Gasteiger partial charge >= 0.3 is 5.97 Å². The number of rotatable bonds is 5. The maximum atomic E-state index is 10.4. The normalized spacial score (nSPS) is 10.5. The third kappa shape index (κ3) is 3.54. The van der Waals surface area contributed by atoms with Crippen LogP contribution in [0.25, 0.3) is 10.6 Å². The summed E-state index contributed by atoms with van der Waals surface area (Å²) in [4.78, 5) is 10.4. The second-order valence-electron chi connectivity index (χ2n) is 3.73. The summed E-state index contributed by atoms with van der Waals surface area (Å²) in [6, 6.07) is 8.09. The minimum Gasteiger partial charge on any atom is -0.481 e. The van der Waals surface area contributed by atoms with Crippen LogP contribution in [0.4, 0.5) is 0 Å². The van der Waals surface area contributed by atoms with Gasteiger partial charge in [0, 0.05) is 11.3 Å². The van der Waals surface area contributed by atoms with Crippen molar-refractivity contribution in [2.75, 3.05) is 5.75 Å². The summed E-state index contributed by atoms with van der Waals surface area (Å²) in [5.74, 6) is -0.261. The Balaban J connectivity index is 2.04. The zero-order chi connectivity index (χ0) is 13.0. The van der Waals surface area contributed by atoms with Crippen LogP contribution >= 0.6 is 23.1 Å². The molecular weight excluding hydrogens is 268 g/mol. The number of aromatic nitrogens is 2. The van der Waals surface area contributed by atoms with Crippen molar-refractivity contribution < 1.29 is 9.90 Å². The van der Waals surface area contributed by atoms with Gasteiger partial charge in [-0.05, 0) is 13.0 Å². The number of aryl methyl sites for hydroxylation is 1. The molecule has 1 aromatic carbocycles. The largest absolute Gasteiger partial charge is 0.481 e. The molecule has 1 heterocycles. The molecule has 6 heteroatoms. The molecule has 4 nitrogen and oxygen atoms in total. The Morgan fingerprint density at radius 2 is 2.28 bits per heavy atom. The molecule has 2 rings (SSSR count). The third-order valence-electron chi connectivity index (χ3n) is 2.21. The molecule has 0 aliphatic rings. The predicted molar refractivity (Wildman–Crippen MR) is 73.1 cm³/mol. The van der Waals surface area contributed by atoms with Crippen molar-refractivity contribution in [3.8, 4) is 10.6 Å². The van der Waals surface area contributed by atoms with Crippen LogP contribution in [0.3, 0.4) is 0 Å². The van der Waals surface area contributed by atoms with Gasteiger partial charge in [-0.15, -0.1) is 10.2 Å². The fourth-order valence-corrected chi connectivity index (χ4v) is 3.23. The lowest BCUT2D eigenvalue weighted by Crippen LogP contribution is -1.95. The van der Waals surface area contributed by atoms with E-state index in [0.717, 1.165) is 14.9 Å². The number of hydrogen-bond donors (Lipinski definition) is 1. The minimum atomic E-state index is -0.786. The van der Waals surface area contributed by atoms with Crippen LogP contribution in [0.2, 0.25) is 0 Å². The van der Waals surface area contributed by atoms with E-state index in [1.165, 1.54) is 28.7 Å². The summed E-state index contributed by atoms with van der Waals surface area (Å²) in [5, 5.41) is 17.6. The number of thioether (sulfide) groups is 1. The molecule has 0 fully saturated rings. The third-order valence-corrected chi connectivity index (χ3v) is 4.32. The predicted octanol–water partition coefficient (Wildman–Crippen LogP) is 3.08. The molecule has 0 aliphatic heterocycles. The molecule has 1 N–H and O–H groups in total. The number of carboxylic acids is 1. The molecule has 0 aliphatic carbocycles. The SMILES string of the molecule is Cc1cccc(-c2nnc(SCCC(=O)O)s2)c1. The number of aliphatic carboxylic acids is 1. The first-order chi connectivity index (χ1) is 8.65. The smallest absolute Gasteiger partial charge is 0.304 e. The molecule has 0 atom stereocenters. The summed E-state index contributed by atoms with van der Waals surface area (Å²) in [6.45, 7) is 2.03. The maximum absolute atomic E-state index is 10.4. The van der Waals surface area contributed by atoms with Crippen molar-refractivity contribution in [3.05, 3.63) is 29.8 Å². The van der Waals surface area contributed by atoms with Crippen LogP contribution in [0.15, 0.2) is 28.6 Å². The monoisotopic (exact) mass is 280 g/mol. The quantitative estimate of drug-likeness (QED) is 0.853. The van der Waals surface area contributed by atoms with Gasteiger partial charge in [0.05, 0.1) is 6.42 Å². The number of benzene rings is 1. The molecule has 0 saturated heterocycles. The highest BCUT2D eigenvalue weighted by atomic mass is 32.2. The van der Waals surface area contributed by atoms with Crippen molar-refractivity contribution in [1.82, 2.24) is 10.2 Å². The molecule has 0 unspecified atom stereocenters. The second kappa shape index (κ2) is 5.97. The van der Waals surface area contributed by atoms with E-state index in [4.69, 9.17) is 5.11 Å². The van der Waals surface area contributed by atoms with Gasteiger partial charge in [-0.1, -0.05) is 46.9 Å². The highest BCUT2D eigenvalue weighted by molar-refractivity contribution is 8.01. The van der Waals surface area contributed by atoms with E-state index < -0.39 is 5.97 Å². The zero-order valence-corrected chi connectivity index (χ0v) is 11.4. The van der Waals surface area contributed by atoms with Crippen molar-refractivity contribution in [2.24, 2.45) is 0 Å². The second-order valence-corrected chi connectivity index (χ2v) is 6.05. The molecular formula is C12H12N2O2S2. The molecule has 94 valence electrons. The molecule has 0 spiro atoms. The van der Waals surface area contributed by atoms with Crippen LogP contribution in [0, 0.1) is 6.92 Å². The Morgan fingerprint density at radius 3 is 3.00 bits per heavy atom. The summed E-state index contributed by atoms with van der Waals surface area (Å²) < 4.78 is 0.813. The molecule has 0 amide bonds. The van der Waals surface area contributed by atoms with Crippen molar-refractivity contribution in [1.29, 1.82) is 0 Å². The fraction of sp³-hybridized carbons (Fsp3) is 0.250. The lowest BCUT2D eigenvalue weighted by atomic mass is 10.1. The molecule has 18 heavy (non-hydrogen) atoms. The lowest BCUT2D eigenvalue weighted by Gasteiger charge is -1.96. The van der Waals surface area contributed by atoms with E-state index in [-0.39, 0.29) is 6.42 Å². The minimum absolute atomic E-state index is 0.143. The van der Waals surface area contributed by atoms with E-state index in [2.05, 4.69) is 16.3 Å².